The number of epoxide rings is 1. The molecule has 5 aliphatic rings. The van der Waals surface area contributed by atoms with Gasteiger partial charge in [-0.3, -0.25) is 4.79 Å². The van der Waals surface area contributed by atoms with Crippen LogP contribution in [0.25, 0.3) is 0 Å². The lowest BCUT2D eigenvalue weighted by Gasteiger charge is -2.65. The standard InChI is InChI=1S/C27H32O9/c1-23(2)18-17(29)19(30)25(4)15(26(18,13-34-23)10-7-16(28)32-5)6-9-24(3)20(14-8-11-33-12-14)35-22(31)21-27(24,25)36-21/h7-8,10-12,15,18-21,30H,6,9,13H2,1-5H3/b10-7-/t15-,18+,19-,20-,21+,24-,25-,26-,27+/m0/s1. The van der Waals surface area contributed by atoms with Crippen molar-refractivity contribution in [2.75, 3.05) is 13.7 Å². The number of cyclic esters (lactones) is 1. The molecule has 0 unspecified atom stereocenters. The molecule has 1 aromatic rings. The fraction of sp³-hybridized carbons (Fsp3) is 0.667. The summed E-state index contributed by atoms with van der Waals surface area (Å²) in [5.74, 6) is -2.41. The van der Waals surface area contributed by atoms with E-state index in [1.54, 1.807) is 18.4 Å². The fourth-order valence-corrected chi connectivity index (χ4v) is 8.77. The number of hydrogen-bond acceptors (Lipinski definition) is 9. The van der Waals surface area contributed by atoms with Crippen LogP contribution in [0.5, 0.6) is 0 Å². The molecular formula is C27H32O9. The Morgan fingerprint density at radius 3 is 2.61 bits per heavy atom. The van der Waals surface area contributed by atoms with Crippen molar-refractivity contribution in [2.24, 2.45) is 28.1 Å². The number of furan rings is 1. The van der Waals surface area contributed by atoms with E-state index in [1.807, 2.05) is 27.7 Å². The highest BCUT2D eigenvalue weighted by atomic mass is 16.7. The Kier molecular flexibility index (Phi) is 4.70. The number of aliphatic hydroxyl groups excluding tert-OH is 1. The highest BCUT2D eigenvalue weighted by Crippen LogP contribution is 2.79. The first-order valence-electron chi connectivity index (χ1n) is 12.4. The zero-order valence-electron chi connectivity index (χ0n) is 21.1. The summed E-state index contributed by atoms with van der Waals surface area (Å²) < 4.78 is 28.6. The number of aliphatic hydroxyl groups is 1. The first-order valence-corrected chi connectivity index (χ1v) is 12.4. The second kappa shape index (κ2) is 7.08. The van der Waals surface area contributed by atoms with Gasteiger partial charge in [0.2, 0.25) is 0 Å². The maximum absolute atomic E-state index is 14.1. The number of methoxy groups -OCH3 is 1. The van der Waals surface area contributed by atoms with E-state index in [1.165, 1.54) is 19.4 Å². The largest absolute Gasteiger partial charge is 0.472 e. The van der Waals surface area contributed by atoms with Crippen molar-refractivity contribution in [3.63, 3.8) is 0 Å². The van der Waals surface area contributed by atoms with E-state index in [-0.39, 0.29) is 18.3 Å². The summed E-state index contributed by atoms with van der Waals surface area (Å²) in [5.41, 5.74) is -4.05. The maximum Gasteiger partial charge on any atom is 0.339 e. The number of ketones is 1. The number of esters is 2. The van der Waals surface area contributed by atoms with E-state index in [9.17, 15) is 19.5 Å². The van der Waals surface area contributed by atoms with E-state index < -0.39 is 63.6 Å². The summed E-state index contributed by atoms with van der Waals surface area (Å²) >= 11 is 0. The highest BCUT2D eigenvalue weighted by molar-refractivity contribution is 5.92. The first kappa shape index (κ1) is 23.9. The zero-order valence-corrected chi connectivity index (χ0v) is 21.1. The summed E-state index contributed by atoms with van der Waals surface area (Å²) in [6.45, 7) is 7.75. The second-order valence-electron chi connectivity index (χ2n) is 12.0. The molecule has 3 saturated heterocycles. The topological polar surface area (TPSA) is 125 Å². The molecule has 36 heavy (non-hydrogen) atoms. The summed E-state index contributed by atoms with van der Waals surface area (Å²) in [6.07, 6.45) is 4.44. The first-order chi connectivity index (χ1) is 16.9. The molecule has 0 bridgehead atoms. The van der Waals surface area contributed by atoms with Gasteiger partial charge >= 0.3 is 11.9 Å². The zero-order chi connectivity index (χ0) is 25.9. The third-order valence-electron chi connectivity index (χ3n) is 10.2. The maximum atomic E-state index is 14.1. The molecule has 6 rings (SSSR count). The van der Waals surface area contributed by atoms with Crippen LogP contribution in [0.15, 0.2) is 35.2 Å². The van der Waals surface area contributed by atoms with E-state index in [4.69, 9.17) is 23.4 Å². The van der Waals surface area contributed by atoms with Gasteiger partial charge < -0.3 is 28.5 Å². The highest BCUT2D eigenvalue weighted by Gasteiger charge is 2.89. The van der Waals surface area contributed by atoms with E-state index in [2.05, 4.69) is 0 Å². The predicted octanol–water partition coefficient (Wildman–Crippen LogP) is 2.52. The number of ether oxygens (including phenoxy) is 4. The molecule has 9 nitrogen and oxygen atoms in total. The van der Waals surface area contributed by atoms with Gasteiger partial charge in [0, 0.05) is 27.9 Å². The van der Waals surface area contributed by atoms with Crippen molar-refractivity contribution < 1.29 is 42.9 Å². The van der Waals surface area contributed by atoms with Gasteiger partial charge in [-0.2, -0.15) is 0 Å². The van der Waals surface area contributed by atoms with Gasteiger partial charge in [0.05, 0.1) is 37.8 Å². The normalized spacial score (nSPS) is 48.4. The van der Waals surface area contributed by atoms with Crippen molar-refractivity contribution in [3.05, 3.63) is 36.3 Å². The number of carbonyl (C=O) groups excluding carboxylic acids is 3. The number of fused-ring (bicyclic) bond motifs is 3. The minimum atomic E-state index is -1.39. The Bertz CT molecular complexity index is 1170. The molecule has 5 fully saturated rings. The monoisotopic (exact) mass is 500 g/mol. The number of carbonyl (C=O) groups is 3. The van der Waals surface area contributed by atoms with Crippen molar-refractivity contribution in [1.29, 1.82) is 0 Å². The molecule has 1 spiro atoms. The molecule has 3 aliphatic heterocycles. The van der Waals surface area contributed by atoms with Gasteiger partial charge in [-0.25, -0.2) is 9.59 Å². The Labute approximate surface area is 209 Å². The van der Waals surface area contributed by atoms with Crippen LogP contribution in [-0.2, 0) is 33.3 Å². The van der Waals surface area contributed by atoms with Crippen molar-refractivity contribution in [2.45, 2.75) is 70.1 Å². The Hall–Kier alpha value is -2.49. The van der Waals surface area contributed by atoms with E-state index in [0.29, 0.717) is 18.4 Å². The van der Waals surface area contributed by atoms with Crippen LogP contribution >= 0.6 is 0 Å². The Balaban J connectivity index is 1.55. The minimum Gasteiger partial charge on any atom is -0.472 e. The molecule has 9 atom stereocenters. The fourth-order valence-electron chi connectivity index (χ4n) is 8.77. The number of hydrogen-bond donors (Lipinski definition) is 1. The van der Waals surface area contributed by atoms with Crippen molar-refractivity contribution in [3.8, 4) is 0 Å². The molecule has 0 aromatic carbocycles. The second-order valence-corrected chi connectivity index (χ2v) is 12.0. The van der Waals surface area contributed by atoms with Crippen LogP contribution in [0.3, 0.4) is 0 Å². The van der Waals surface area contributed by atoms with Crippen molar-refractivity contribution in [1.82, 2.24) is 0 Å². The van der Waals surface area contributed by atoms with Crippen molar-refractivity contribution >= 4 is 17.7 Å². The third kappa shape index (κ3) is 2.49. The number of rotatable bonds is 3. The van der Waals surface area contributed by atoms with Crippen LogP contribution in [0, 0.1) is 28.1 Å². The molecular weight excluding hydrogens is 468 g/mol. The van der Waals surface area contributed by atoms with Gasteiger partial charge in [-0.05, 0) is 38.7 Å². The molecule has 1 N–H and O–H groups in total. The molecule has 0 amide bonds. The molecule has 2 saturated carbocycles. The molecule has 194 valence electrons. The summed E-state index contributed by atoms with van der Waals surface area (Å²) in [5, 5.41) is 11.8. The van der Waals surface area contributed by atoms with Crippen LogP contribution in [-0.4, -0.2) is 60.0 Å². The quantitative estimate of drug-likeness (QED) is 0.379. The lowest BCUT2D eigenvalue weighted by Crippen LogP contribution is -2.74. The molecule has 9 heteroatoms. The lowest BCUT2D eigenvalue weighted by atomic mass is 9.37. The predicted molar refractivity (Wildman–Crippen MR) is 122 cm³/mol. The summed E-state index contributed by atoms with van der Waals surface area (Å²) in [4.78, 5) is 39.4. The SMILES string of the molecule is COC(=O)/C=C\[C@@]12COC(C)(C)[C@H]1C(=O)[C@H](O)[C@]1(C)[C@@H]2CC[C@@]2(C)[C@H](c3ccoc3)OC(=O)[C@H]3O[C@@]312. The van der Waals surface area contributed by atoms with Gasteiger partial charge in [-0.15, -0.1) is 0 Å². The molecule has 2 aliphatic carbocycles. The summed E-state index contributed by atoms with van der Waals surface area (Å²) in [7, 11) is 1.30. The minimum absolute atomic E-state index is 0.198. The van der Waals surface area contributed by atoms with E-state index >= 15 is 0 Å². The van der Waals surface area contributed by atoms with Crippen LogP contribution in [0.2, 0.25) is 0 Å². The van der Waals surface area contributed by atoms with Gasteiger partial charge in [-0.1, -0.05) is 19.9 Å². The van der Waals surface area contributed by atoms with Crippen LogP contribution in [0.1, 0.15) is 52.2 Å². The van der Waals surface area contributed by atoms with Crippen LogP contribution < -0.4 is 0 Å². The molecule has 1 aromatic heterocycles. The van der Waals surface area contributed by atoms with Crippen LogP contribution in [0.4, 0.5) is 0 Å². The molecule has 0 radical (unpaired) electrons. The summed E-state index contributed by atoms with van der Waals surface area (Å²) in [6, 6.07) is 1.76. The molecule has 4 heterocycles. The smallest absolute Gasteiger partial charge is 0.339 e. The van der Waals surface area contributed by atoms with Gasteiger partial charge in [0.25, 0.3) is 0 Å². The average molecular weight is 501 g/mol. The third-order valence-corrected chi connectivity index (χ3v) is 10.2. The Morgan fingerprint density at radius 2 is 1.94 bits per heavy atom. The van der Waals surface area contributed by atoms with Gasteiger partial charge in [0.1, 0.15) is 17.8 Å². The Morgan fingerprint density at radius 1 is 1.19 bits per heavy atom. The number of Topliss-reactive ketones (excluding diaryl/α,β-unsaturated/α-hetero) is 1. The van der Waals surface area contributed by atoms with Gasteiger partial charge in [0.15, 0.2) is 11.9 Å². The average Bonchev–Trinajstić information content (AvgIpc) is 3.29. The van der Waals surface area contributed by atoms with E-state index in [0.717, 1.165) is 0 Å². The lowest BCUT2D eigenvalue weighted by molar-refractivity contribution is -0.231.